The van der Waals surface area contributed by atoms with Gasteiger partial charge in [-0.1, -0.05) is 12.1 Å². The monoisotopic (exact) mass is 265 g/mol. The third-order valence-corrected chi connectivity index (χ3v) is 3.59. The van der Waals surface area contributed by atoms with Gasteiger partial charge in [-0.05, 0) is 48.7 Å². The third-order valence-electron chi connectivity index (χ3n) is 3.59. The number of nitrogens with zero attached hydrogens (tertiary/aromatic N) is 1. The summed E-state index contributed by atoms with van der Waals surface area (Å²) in [5.74, 6) is 0. The molecule has 1 aromatic heterocycles. The van der Waals surface area contributed by atoms with Crippen molar-refractivity contribution < 1.29 is 4.42 Å². The normalized spacial score (nSPS) is 13.8. The highest BCUT2D eigenvalue weighted by Gasteiger charge is 2.10. The lowest BCUT2D eigenvalue weighted by molar-refractivity contribution is 0.623. The van der Waals surface area contributed by atoms with Crippen molar-refractivity contribution in [3.8, 4) is 0 Å². The smallest absolute Gasteiger partial charge is 0.300 e. The van der Waals surface area contributed by atoms with Crippen LogP contribution in [0.3, 0.4) is 0 Å². The summed E-state index contributed by atoms with van der Waals surface area (Å²) in [4.78, 5) is 4.43. The predicted octanol–water partition coefficient (Wildman–Crippen LogP) is 3.93. The molecule has 1 aliphatic heterocycles. The van der Waals surface area contributed by atoms with Gasteiger partial charge in [-0.15, -0.1) is 0 Å². The van der Waals surface area contributed by atoms with Crippen molar-refractivity contribution in [3.63, 3.8) is 0 Å². The van der Waals surface area contributed by atoms with Crippen molar-refractivity contribution in [2.24, 2.45) is 0 Å². The van der Waals surface area contributed by atoms with E-state index in [4.69, 9.17) is 4.42 Å². The second kappa shape index (κ2) is 4.56. The molecule has 0 saturated carbocycles. The molecule has 0 amide bonds. The average Bonchev–Trinajstić information content (AvgIpc) is 2.89. The number of hydrogen-bond acceptors (Lipinski definition) is 4. The summed E-state index contributed by atoms with van der Waals surface area (Å²) in [7, 11) is 0. The first-order chi connectivity index (χ1) is 9.88. The molecule has 0 bridgehead atoms. The van der Waals surface area contributed by atoms with Gasteiger partial charge in [-0.25, -0.2) is 0 Å². The van der Waals surface area contributed by atoms with Crippen LogP contribution in [0.5, 0.6) is 0 Å². The summed E-state index contributed by atoms with van der Waals surface area (Å²) in [5, 5.41) is 6.65. The number of aryl methyl sites for hydroxylation is 1. The minimum Gasteiger partial charge on any atom is -0.423 e. The van der Waals surface area contributed by atoms with E-state index in [-0.39, 0.29) is 0 Å². The van der Waals surface area contributed by atoms with E-state index in [2.05, 4.69) is 27.8 Å². The van der Waals surface area contributed by atoms with E-state index >= 15 is 0 Å². The van der Waals surface area contributed by atoms with Gasteiger partial charge in [0, 0.05) is 17.9 Å². The van der Waals surface area contributed by atoms with Crippen LogP contribution in [0.15, 0.2) is 46.9 Å². The maximum Gasteiger partial charge on any atom is 0.300 e. The molecule has 4 nitrogen and oxygen atoms in total. The molecule has 0 atom stereocenters. The Kier molecular flexibility index (Phi) is 2.59. The number of rotatable bonds is 2. The summed E-state index contributed by atoms with van der Waals surface area (Å²) >= 11 is 0. The zero-order chi connectivity index (χ0) is 13.4. The van der Waals surface area contributed by atoms with Crippen molar-refractivity contribution in [1.82, 2.24) is 4.98 Å². The van der Waals surface area contributed by atoms with Crippen LogP contribution in [0.1, 0.15) is 12.0 Å². The SMILES string of the molecule is c1ccc2oc(Nc3ccc4c(c3)CCCN4)nc2c1. The molecule has 2 heterocycles. The van der Waals surface area contributed by atoms with E-state index in [9.17, 15) is 0 Å². The Bertz CT molecular complexity index is 730. The van der Waals surface area contributed by atoms with E-state index in [1.165, 1.54) is 17.7 Å². The van der Waals surface area contributed by atoms with Crippen LogP contribution in [0, 0.1) is 0 Å². The molecule has 0 unspecified atom stereocenters. The quantitative estimate of drug-likeness (QED) is 0.737. The molecule has 3 aromatic rings. The molecule has 100 valence electrons. The molecule has 20 heavy (non-hydrogen) atoms. The fourth-order valence-electron chi connectivity index (χ4n) is 2.60. The first-order valence-electron chi connectivity index (χ1n) is 6.88. The first-order valence-corrected chi connectivity index (χ1v) is 6.88. The zero-order valence-corrected chi connectivity index (χ0v) is 11.0. The third kappa shape index (κ3) is 1.99. The molecule has 1 aliphatic rings. The highest BCUT2D eigenvalue weighted by Crippen LogP contribution is 2.27. The standard InChI is InChI=1S/C16H15N3O/c1-2-6-15-14(5-1)19-16(20-15)18-12-7-8-13-11(10-12)4-3-9-17-13/h1-2,5-8,10,17H,3-4,9H2,(H,18,19). The van der Waals surface area contributed by atoms with Gasteiger partial charge in [0.15, 0.2) is 5.58 Å². The van der Waals surface area contributed by atoms with Crippen molar-refractivity contribution in [2.45, 2.75) is 12.8 Å². The van der Waals surface area contributed by atoms with Crippen molar-refractivity contribution in [3.05, 3.63) is 48.0 Å². The van der Waals surface area contributed by atoms with Gasteiger partial charge in [0.1, 0.15) is 5.52 Å². The Balaban J connectivity index is 1.65. The molecule has 4 rings (SSSR count). The van der Waals surface area contributed by atoms with Gasteiger partial charge < -0.3 is 15.1 Å². The van der Waals surface area contributed by atoms with Crippen molar-refractivity contribution in [1.29, 1.82) is 0 Å². The molecule has 0 saturated heterocycles. The average molecular weight is 265 g/mol. The first kappa shape index (κ1) is 11.3. The van der Waals surface area contributed by atoms with Crippen LogP contribution >= 0.6 is 0 Å². The number of anilines is 3. The lowest BCUT2D eigenvalue weighted by Gasteiger charge is -2.18. The summed E-state index contributed by atoms with van der Waals surface area (Å²) in [6, 6.07) is 14.6. The fraction of sp³-hybridized carbons (Fsp3) is 0.188. The maximum atomic E-state index is 5.68. The summed E-state index contributed by atoms with van der Waals surface area (Å²) in [6.07, 6.45) is 2.30. The van der Waals surface area contributed by atoms with Gasteiger partial charge in [0.05, 0.1) is 0 Å². The Morgan fingerprint density at radius 3 is 3.05 bits per heavy atom. The number of nitrogens with one attached hydrogen (secondary N) is 2. The summed E-state index contributed by atoms with van der Waals surface area (Å²) < 4.78 is 5.68. The Morgan fingerprint density at radius 2 is 2.10 bits per heavy atom. The Hall–Kier alpha value is -2.49. The maximum absolute atomic E-state index is 5.68. The minimum absolute atomic E-state index is 0.537. The second-order valence-electron chi connectivity index (χ2n) is 5.01. The van der Waals surface area contributed by atoms with Crippen molar-refractivity contribution >= 4 is 28.5 Å². The molecular weight excluding hydrogens is 250 g/mol. The minimum atomic E-state index is 0.537. The van der Waals surface area contributed by atoms with Crippen LogP contribution in [0.25, 0.3) is 11.1 Å². The van der Waals surface area contributed by atoms with Gasteiger partial charge in [-0.3, -0.25) is 0 Å². The summed E-state index contributed by atoms with van der Waals surface area (Å²) in [6.45, 7) is 1.06. The Morgan fingerprint density at radius 1 is 1.15 bits per heavy atom. The molecule has 4 heteroatoms. The topological polar surface area (TPSA) is 50.1 Å². The lowest BCUT2D eigenvalue weighted by Crippen LogP contribution is -2.11. The number of hydrogen-bond donors (Lipinski definition) is 2. The van der Waals surface area contributed by atoms with E-state index in [1.807, 2.05) is 30.3 Å². The molecule has 0 aliphatic carbocycles. The number of oxazole rings is 1. The molecule has 0 radical (unpaired) electrons. The molecule has 0 fully saturated rings. The van der Waals surface area contributed by atoms with E-state index in [0.29, 0.717) is 6.01 Å². The second-order valence-corrected chi connectivity index (χ2v) is 5.01. The van der Waals surface area contributed by atoms with Gasteiger partial charge >= 0.3 is 0 Å². The summed E-state index contributed by atoms with van der Waals surface area (Å²) in [5.41, 5.74) is 5.26. The van der Waals surface area contributed by atoms with Crippen LogP contribution in [-0.4, -0.2) is 11.5 Å². The number of para-hydroxylation sites is 2. The van der Waals surface area contributed by atoms with E-state index in [0.717, 1.165) is 29.8 Å². The number of fused-ring (bicyclic) bond motifs is 2. The largest absolute Gasteiger partial charge is 0.423 e. The highest BCUT2D eigenvalue weighted by molar-refractivity contribution is 5.75. The molecular formula is C16H15N3O. The Labute approximate surface area is 116 Å². The number of aromatic nitrogens is 1. The fourth-order valence-corrected chi connectivity index (χ4v) is 2.60. The predicted molar refractivity (Wildman–Crippen MR) is 80.5 cm³/mol. The van der Waals surface area contributed by atoms with Crippen LogP contribution < -0.4 is 10.6 Å². The van der Waals surface area contributed by atoms with Gasteiger partial charge in [0.2, 0.25) is 0 Å². The molecule has 2 N–H and O–H groups in total. The van der Waals surface area contributed by atoms with Gasteiger partial charge in [0.25, 0.3) is 6.01 Å². The zero-order valence-electron chi connectivity index (χ0n) is 11.0. The van der Waals surface area contributed by atoms with E-state index < -0.39 is 0 Å². The van der Waals surface area contributed by atoms with Crippen LogP contribution in [0.4, 0.5) is 17.4 Å². The van der Waals surface area contributed by atoms with E-state index in [1.54, 1.807) is 0 Å². The molecule has 0 spiro atoms. The van der Waals surface area contributed by atoms with Crippen LogP contribution in [0.2, 0.25) is 0 Å². The van der Waals surface area contributed by atoms with Crippen LogP contribution in [-0.2, 0) is 6.42 Å². The number of benzene rings is 2. The van der Waals surface area contributed by atoms with Crippen molar-refractivity contribution in [2.75, 3.05) is 17.2 Å². The highest BCUT2D eigenvalue weighted by atomic mass is 16.4. The lowest BCUT2D eigenvalue weighted by atomic mass is 10.0. The molecule has 2 aromatic carbocycles. The van der Waals surface area contributed by atoms with Gasteiger partial charge in [-0.2, -0.15) is 4.98 Å².